The maximum Gasteiger partial charge on any atom is 0.251 e. The van der Waals surface area contributed by atoms with E-state index in [1.54, 1.807) is 17.6 Å². The summed E-state index contributed by atoms with van der Waals surface area (Å²) in [7, 11) is 0. The summed E-state index contributed by atoms with van der Waals surface area (Å²) in [5.74, 6) is 2.00. The average molecular weight is 417 g/mol. The molecule has 1 unspecified atom stereocenters. The lowest BCUT2D eigenvalue weighted by molar-refractivity contribution is -0.142. The van der Waals surface area contributed by atoms with E-state index in [1.807, 2.05) is 17.0 Å². The van der Waals surface area contributed by atoms with Crippen LogP contribution in [0.25, 0.3) is 0 Å². The zero-order chi connectivity index (χ0) is 19.9. The van der Waals surface area contributed by atoms with Gasteiger partial charge in [0, 0.05) is 50.6 Å². The molecule has 29 heavy (non-hydrogen) atoms. The summed E-state index contributed by atoms with van der Waals surface area (Å²) in [4.78, 5) is 22.8. The monoisotopic (exact) mass is 416 g/mol. The standard InChI is InChI=1S/C21H28N4O3S/c26-20(19-6-2-14-28-19)24-9-11-25(12-10-24)21(23-16-18-5-3-15-29-18)22-8-7-17-4-1-13-27-17/h1,3-5,13,15,19H,2,6-12,14,16H2,(H,22,23). The van der Waals surface area contributed by atoms with E-state index in [0.717, 1.165) is 50.6 Å². The highest BCUT2D eigenvalue weighted by Crippen LogP contribution is 2.16. The maximum atomic E-state index is 12.6. The Bertz CT molecular complexity index is 777. The number of furan rings is 1. The van der Waals surface area contributed by atoms with Gasteiger partial charge in [0.15, 0.2) is 5.96 Å². The third kappa shape index (κ3) is 5.39. The van der Waals surface area contributed by atoms with Gasteiger partial charge in [-0.2, -0.15) is 0 Å². The van der Waals surface area contributed by atoms with E-state index in [1.165, 1.54) is 4.88 Å². The molecule has 156 valence electrons. The van der Waals surface area contributed by atoms with E-state index < -0.39 is 0 Å². The lowest BCUT2D eigenvalue weighted by Gasteiger charge is -2.37. The van der Waals surface area contributed by atoms with E-state index in [0.29, 0.717) is 26.2 Å². The normalized spacial score (nSPS) is 20.3. The quantitative estimate of drug-likeness (QED) is 0.578. The van der Waals surface area contributed by atoms with Gasteiger partial charge in [0.1, 0.15) is 11.9 Å². The first-order valence-electron chi connectivity index (χ1n) is 10.3. The molecule has 1 atom stereocenters. The Morgan fingerprint density at radius 1 is 1.21 bits per heavy atom. The molecule has 0 aliphatic carbocycles. The number of nitrogens with zero attached hydrogens (tertiary/aromatic N) is 3. The van der Waals surface area contributed by atoms with Gasteiger partial charge in [-0.15, -0.1) is 11.3 Å². The van der Waals surface area contributed by atoms with Gasteiger partial charge in [-0.25, -0.2) is 4.99 Å². The summed E-state index contributed by atoms with van der Waals surface area (Å²) in [5.41, 5.74) is 0. The molecule has 1 amide bonds. The highest BCUT2D eigenvalue weighted by atomic mass is 32.1. The number of piperazine rings is 1. The van der Waals surface area contributed by atoms with E-state index >= 15 is 0 Å². The van der Waals surface area contributed by atoms with Crippen molar-refractivity contribution in [3.8, 4) is 0 Å². The van der Waals surface area contributed by atoms with Crippen LogP contribution < -0.4 is 5.32 Å². The molecule has 2 aliphatic heterocycles. The Morgan fingerprint density at radius 2 is 2.07 bits per heavy atom. The molecule has 0 saturated carbocycles. The molecule has 2 saturated heterocycles. The van der Waals surface area contributed by atoms with E-state index in [4.69, 9.17) is 14.1 Å². The van der Waals surface area contributed by atoms with Gasteiger partial charge in [0.2, 0.25) is 0 Å². The fourth-order valence-electron chi connectivity index (χ4n) is 3.69. The molecule has 1 N–H and O–H groups in total. The third-order valence-electron chi connectivity index (χ3n) is 5.30. The zero-order valence-corrected chi connectivity index (χ0v) is 17.4. The summed E-state index contributed by atoms with van der Waals surface area (Å²) in [6.07, 6.45) is 4.10. The van der Waals surface area contributed by atoms with Crippen LogP contribution in [0.15, 0.2) is 45.3 Å². The number of ether oxygens (including phenoxy) is 1. The van der Waals surface area contributed by atoms with Crippen LogP contribution in [-0.2, 0) is 22.5 Å². The molecule has 4 heterocycles. The maximum absolute atomic E-state index is 12.6. The van der Waals surface area contributed by atoms with E-state index in [2.05, 4.69) is 27.7 Å². The Morgan fingerprint density at radius 3 is 2.76 bits per heavy atom. The number of guanidine groups is 1. The first-order chi connectivity index (χ1) is 14.3. The van der Waals surface area contributed by atoms with Gasteiger partial charge in [0.25, 0.3) is 5.91 Å². The first kappa shape index (κ1) is 20.0. The lowest BCUT2D eigenvalue weighted by atomic mass is 10.2. The summed E-state index contributed by atoms with van der Waals surface area (Å²) >= 11 is 1.72. The van der Waals surface area contributed by atoms with Crippen LogP contribution in [0.2, 0.25) is 0 Å². The molecule has 8 heteroatoms. The van der Waals surface area contributed by atoms with Crippen molar-refractivity contribution >= 4 is 23.2 Å². The number of thiophene rings is 1. The summed E-state index contributed by atoms with van der Waals surface area (Å²) in [6.45, 7) is 5.08. The van der Waals surface area contributed by atoms with E-state index in [-0.39, 0.29) is 12.0 Å². The highest BCUT2D eigenvalue weighted by Gasteiger charge is 2.30. The minimum Gasteiger partial charge on any atom is -0.469 e. The first-order valence-corrected chi connectivity index (χ1v) is 11.2. The number of hydrogen-bond acceptors (Lipinski definition) is 5. The minimum atomic E-state index is -0.236. The second-order valence-electron chi connectivity index (χ2n) is 7.29. The topological polar surface area (TPSA) is 70.3 Å². The van der Waals surface area contributed by atoms with Gasteiger partial charge in [-0.05, 0) is 36.4 Å². The fraction of sp³-hybridized carbons (Fsp3) is 0.524. The molecule has 4 rings (SSSR count). The van der Waals surface area contributed by atoms with E-state index in [9.17, 15) is 4.79 Å². The van der Waals surface area contributed by atoms with Crippen LogP contribution in [0, 0.1) is 0 Å². The van der Waals surface area contributed by atoms with Crippen LogP contribution >= 0.6 is 11.3 Å². The summed E-state index contributed by atoms with van der Waals surface area (Å²) < 4.78 is 11.0. The number of nitrogens with one attached hydrogen (secondary N) is 1. The smallest absolute Gasteiger partial charge is 0.251 e. The SMILES string of the molecule is O=C(C1CCCO1)N1CCN(C(=NCc2cccs2)NCCc2ccco2)CC1. The van der Waals surface area contributed by atoms with Crippen LogP contribution in [0.5, 0.6) is 0 Å². The summed E-state index contributed by atoms with van der Waals surface area (Å²) in [6, 6.07) is 8.05. The molecule has 0 bridgehead atoms. The lowest BCUT2D eigenvalue weighted by Crippen LogP contribution is -2.55. The molecule has 0 spiro atoms. The van der Waals surface area contributed by atoms with Gasteiger partial charge in [0.05, 0.1) is 12.8 Å². The predicted molar refractivity (Wildman–Crippen MR) is 113 cm³/mol. The molecular formula is C21H28N4O3S. The van der Waals surface area contributed by atoms with Crippen LogP contribution in [0.4, 0.5) is 0 Å². The Hall–Kier alpha value is -2.32. The van der Waals surface area contributed by atoms with Crippen molar-refractivity contribution in [1.82, 2.24) is 15.1 Å². The Kier molecular flexibility index (Phi) is 6.84. The Labute approximate surface area is 175 Å². The molecule has 2 aromatic heterocycles. The number of rotatable bonds is 6. The summed E-state index contributed by atoms with van der Waals surface area (Å²) in [5, 5.41) is 5.56. The van der Waals surface area contributed by atoms with Crippen molar-refractivity contribution in [2.75, 3.05) is 39.3 Å². The van der Waals surface area contributed by atoms with Crippen molar-refractivity contribution in [2.24, 2.45) is 4.99 Å². The number of aliphatic imine (C=N–C) groups is 1. The average Bonchev–Trinajstić information content (AvgIpc) is 3.53. The number of carbonyl (C=O) groups is 1. The van der Waals surface area contributed by atoms with Crippen molar-refractivity contribution in [3.05, 3.63) is 46.5 Å². The minimum absolute atomic E-state index is 0.144. The number of amides is 1. The molecule has 2 aliphatic rings. The molecule has 2 fully saturated rings. The van der Waals surface area contributed by atoms with Gasteiger partial charge in [-0.1, -0.05) is 6.07 Å². The van der Waals surface area contributed by atoms with Crippen molar-refractivity contribution < 1.29 is 13.9 Å². The molecule has 2 aromatic rings. The fourth-order valence-corrected chi connectivity index (χ4v) is 4.32. The zero-order valence-electron chi connectivity index (χ0n) is 16.6. The highest BCUT2D eigenvalue weighted by molar-refractivity contribution is 7.09. The Balaban J connectivity index is 1.33. The molecule has 7 nitrogen and oxygen atoms in total. The van der Waals surface area contributed by atoms with Crippen LogP contribution in [-0.4, -0.2) is 67.1 Å². The van der Waals surface area contributed by atoms with Crippen molar-refractivity contribution in [2.45, 2.75) is 31.9 Å². The van der Waals surface area contributed by atoms with Crippen LogP contribution in [0.3, 0.4) is 0 Å². The van der Waals surface area contributed by atoms with Gasteiger partial charge >= 0.3 is 0 Å². The second kappa shape index (κ2) is 9.93. The largest absolute Gasteiger partial charge is 0.469 e. The molecule has 0 aromatic carbocycles. The van der Waals surface area contributed by atoms with Crippen molar-refractivity contribution in [3.63, 3.8) is 0 Å². The van der Waals surface area contributed by atoms with Gasteiger partial charge in [-0.3, -0.25) is 4.79 Å². The van der Waals surface area contributed by atoms with Crippen molar-refractivity contribution in [1.29, 1.82) is 0 Å². The van der Waals surface area contributed by atoms with Crippen LogP contribution in [0.1, 0.15) is 23.5 Å². The predicted octanol–water partition coefficient (Wildman–Crippen LogP) is 2.35. The number of carbonyl (C=O) groups excluding carboxylic acids is 1. The van der Waals surface area contributed by atoms with Gasteiger partial charge < -0.3 is 24.3 Å². The molecule has 0 radical (unpaired) electrons. The molecular weight excluding hydrogens is 388 g/mol. The second-order valence-corrected chi connectivity index (χ2v) is 8.32. The third-order valence-corrected chi connectivity index (χ3v) is 6.16. The number of hydrogen-bond donors (Lipinski definition) is 1.